The molecule has 1 heterocycles. The van der Waals surface area contributed by atoms with E-state index >= 15 is 0 Å². The molecule has 3 aromatic rings. The Bertz CT molecular complexity index is 1320. The highest BCUT2D eigenvalue weighted by atomic mass is 16.6. The number of furan rings is 1. The molecule has 8 heteroatoms. The molecule has 0 aliphatic heterocycles. The maximum absolute atomic E-state index is 13.9. The van der Waals surface area contributed by atoms with Crippen molar-refractivity contribution in [3.63, 3.8) is 0 Å². The number of non-ortho nitro benzene ring substituents is 1. The molecular formula is C38H57N3O5. The zero-order valence-electron chi connectivity index (χ0n) is 29.0. The van der Waals surface area contributed by atoms with Gasteiger partial charge in [-0.15, -0.1) is 0 Å². The number of ether oxygens (including phenoxy) is 1. The maximum atomic E-state index is 13.9. The Hall–Kier alpha value is -3.23. The van der Waals surface area contributed by atoms with Crippen LogP contribution in [0.25, 0.3) is 11.0 Å². The highest BCUT2D eigenvalue weighted by Gasteiger charge is 2.25. The molecule has 0 radical (unpaired) electrons. The summed E-state index contributed by atoms with van der Waals surface area (Å²) in [6, 6.07) is 11.9. The Morgan fingerprint density at radius 3 is 1.96 bits per heavy atom. The van der Waals surface area contributed by atoms with Crippen LogP contribution in [0, 0.1) is 10.1 Å². The SMILES string of the molecule is CCCCc1oc2ccc([N+](=O)[O-])cc2c1C(=O)c1ccc(OC(CCN(CCCC)CCCC)N(CCCC)CCCC)cc1. The van der Waals surface area contributed by atoms with E-state index in [-0.39, 0.29) is 17.7 Å². The van der Waals surface area contributed by atoms with Crippen LogP contribution in [-0.4, -0.2) is 59.5 Å². The third-order valence-electron chi connectivity index (χ3n) is 8.68. The number of carbonyl (C=O) groups excluding carboxylic acids is 1. The van der Waals surface area contributed by atoms with Crippen LogP contribution in [0.3, 0.4) is 0 Å². The number of nitro benzene ring substituents is 1. The van der Waals surface area contributed by atoms with Gasteiger partial charge < -0.3 is 14.1 Å². The van der Waals surface area contributed by atoms with Crippen molar-refractivity contribution >= 4 is 22.4 Å². The van der Waals surface area contributed by atoms with E-state index in [1.807, 2.05) is 24.3 Å². The molecule has 1 unspecified atom stereocenters. The number of nitrogens with zero attached hydrogens (tertiary/aromatic N) is 3. The molecule has 1 aromatic heterocycles. The van der Waals surface area contributed by atoms with Crippen LogP contribution >= 0.6 is 0 Å². The van der Waals surface area contributed by atoms with E-state index < -0.39 is 4.92 Å². The van der Waals surface area contributed by atoms with Crippen molar-refractivity contribution in [2.75, 3.05) is 32.7 Å². The summed E-state index contributed by atoms with van der Waals surface area (Å²) < 4.78 is 12.8. The highest BCUT2D eigenvalue weighted by Crippen LogP contribution is 2.32. The van der Waals surface area contributed by atoms with E-state index in [2.05, 4.69) is 44.4 Å². The predicted molar refractivity (Wildman–Crippen MR) is 188 cm³/mol. The van der Waals surface area contributed by atoms with Gasteiger partial charge in [0.05, 0.1) is 10.5 Å². The van der Waals surface area contributed by atoms with Crippen LogP contribution in [0.2, 0.25) is 0 Å². The van der Waals surface area contributed by atoms with Gasteiger partial charge in [-0.2, -0.15) is 0 Å². The second-order valence-electron chi connectivity index (χ2n) is 12.4. The van der Waals surface area contributed by atoms with E-state index in [1.54, 1.807) is 6.07 Å². The average Bonchev–Trinajstić information content (AvgIpc) is 3.44. The second-order valence-corrected chi connectivity index (χ2v) is 12.4. The fourth-order valence-corrected chi connectivity index (χ4v) is 5.83. The number of unbranched alkanes of at least 4 members (excludes halogenated alkanes) is 5. The van der Waals surface area contributed by atoms with E-state index in [1.165, 1.54) is 37.8 Å². The van der Waals surface area contributed by atoms with Gasteiger partial charge in [-0.1, -0.05) is 66.7 Å². The van der Waals surface area contributed by atoms with Crippen molar-refractivity contribution in [1.82, 2.24) is 9.80 Å². The van der Waals surface area contributed by atoms with Gasteiger partial charge in [-0.3, -0.25) is 19.8 Å². The number of fused-ring (bicyclic) bond motifs is 1. The Morgan fingerprint density at radius 1 is 0.804 bits per heavy atom. The summed E-state index contributed by atoms with van der Waals surface area (Å²) in [5, 5.41) is 12.0. The molecule has 0 N–H and O–H groups in total. The number of hydrogen-bond acceptors (Lipinski definition) is 7. The summed E-state index contributed by atoms with van der Waals surface area (Å²) in [5.41, 5.74) is 1.37. The molecule has 0 amide bonds. The average molecular weight is 636 g/mol. The summed E-state index contributed by atoms with van der Waals surface area (Å²) in [5.74, 6) is 1.14. The molecule has 0 bridgehead atoms. The highest BCUT2D eigenvalue weighted by molar-refractivity contribution is 6.17. The first-order valence-corrected chi connectivity index (χ1v) is 17.8. The molecule has 0 saturated heterocycles. The smallest absolute Gasteiger partial charge is 0.270 e. The minimum atomic E-state index is -0.438. The Balaban J connectivity index is 1.88. The molecule has 0 aliphatic carbocycles. The van der Waals surface area contributed by atoms with Crippen molar-refractivity contribution in [2.45, 2.75) is 118 Å². The summed E-state index contributed by atoms with van der Waals surface area (Å²) in [6.45, 7) is 16.3. The van der Waals surface area contributed by atoms with Crippen LogP contribution in [0.15, 0.2) is 46.9 Å². The largest absolute Gasteiger partial charge is 0.475 e. The van der Waals surface area contributed by atoms with Crippen molar-refractivity contribution in [3.8, 4) is 5.75 Å². The predicted octanol–water partition coefficient (Wildman–Crippen LogP) is 9.81. The number of carbonyl (C=O) groups is 1. The lowest BCUT2D eigenvalue weighted by Gasteiger charge is -2.34. The Labute approximate surface area is 276 Å². The van der Waals surface area contributed by atoms with E-state index in [9.17, 15) is 14.9 Å². The molecule has 46 heavy (non-hydrogen) atoms. The zero-order valence-corrected chi connectivity index (χ0v) is 29.0. The topological polar surface area (TPSA) is 89.1 Å². The maximum Gasteiger partial charge on any atom is 0.270 e. The first kappa shape index (κ1) is 37.2. The van der Waals surface area contributed by atoms with Gasteiger partial charge in [-0.05, 0) is 75.5 Å². The lowest BCUT2D eigenvalue weighted by molar-refractivity contribution is -0.384. The van der Waals surface area contributed by atoms with Crippen LogP contribution in [-0.2, 0) is 6.42 Å². The first-order chi connectivity index (χ1) is 22.4. The van der Waals surface area contributed by atoms with Gasteiger partial charge in [0.2, 0.25) is 0 Å². The Morgan fingerprint density at radius 2 is 1.39 bits per heavy atom. The third-order valence-corrected chi connectivity index (χ3v) is 8.68. The van der Waals surface area contributed by atoms with Crippen molar-refractivity contribution in [1.29, 1.82) is 0 Å². The molecule has 3 rings (SSSR count). The minimum absolute atomic E-state index is 0.0515. The fourth-order valence-electron chi connectivity index (χ4n) is 5.83. The van der Waals surface area contributed by atoms with Crippen molar-refractivity contribution < 1.29 is 18.9 Å². The number of ketones is 1. The number of hydrogen-bond donors (Lipinski definition) is 0. The molecule has 254 valence electrons. The fraction of sp³-hybridized carbons (Fsp3) is 0.605. The van der Waals surface area contributed by atoms with E-state index in [4.69, 9.17) is 9.15 Å². The molecule has 0 saturated carbocycles. The van der Waals surface area contributed by atoms with Crippen molar-refractivity contribution in [2.24, 2.45) is 0 Å². The van der Waals surface area contributed by atoms with E-state index in [0.29, 0.717) is 34.3 Å². The van der Waals surface area contributed by atoms with Gasteiger partial charge in [0.1, 0.15) is 17.1 Å². The monoisotopic (exact) mass is 635 g/mol. The van der Waals surface area contributed by atoms with Crippen LogP contribution < -0.4 is 4.74 Å². The molecule has 0 spiro atoms. The lowest BCUT2D eigenvalue weighted by Crippen LogP contribution is -2.43. The Kier molecular flexibility index (Phi) is 16.3. The summed E-state index contributed by atoms with van der Waals surface area (Å²) in [7, 11) is 0. The molecule has 0 fully saturated rings. The van der Waals surface area contributed by atoms with E-state index in [0.717, 1.165) is 83.4 Å². The number of benzene rings is 2. The quantitative estimate of drug-likeness (QED) is 0.0419. The minimum Gasteiger partial charge on any atom is -0.475 e. The van der Waals surface area contributed by atoms with Crippen LogP contribution in [0.5, 0.6) is 5.75 Å². The van der Waals surface area contributed by atoms with Gasteiger partial charge >= 0.3 is 0 Å². The first-order valence-electron chi connectivity index (χ1n) is 17.8. The zero-order chi connectivity index (χ0) is 33.3. The number of nitro groups is 1. The van der Waals surface area contributed by atoms with Gasteiger partial charge in [-0.25, -0.2) is 0 Å². The molecule has 8 nitrogen and oxygen atoms in total. The molecule has 0 aliphatic rings. The third kappa shape index (κ3) is 10.9. The van der Waals surface area contributed by atoms with Crippen LogP contribution in [0.4, 0.5) is 5.69 Å². The summed E-state index contributed by atoms with van der Waals surface area (Å²) >= 11 is 0. The summed E-state index contributed by atoms with van der Waals surface area (Å²) in [4.78, 5) is 30.1. The second kappa shape index (κ2) is 20.1. The summed E-state index contributed by atoms with van der Waals surface area (Å²) in [6.07, 6.45) is 12.6. The number of rotatable bonds is 24. The van der Waals surface area contributed by atoms with Gasteiger partial charge in [0.15, 0.2) is 12.0 Å². The lowest BCUT2D eigenvalue weighted by atomic mass is 9.98. The van der Waals surface area contributed by atoms with Gasteiger partial charge in [0.25, 0.3) is 5.69 Å². The normalized spacial score (nSPS) is 12.3. The molecule has 2 aromatic carbocycles. The van der Waals surface area contributed by atoms with Crippen molar-refractivity contribution in [3.05, 3.63) is 69.5 Å². The molecule has 1 atom stereocenters. The molecular weight excluding hydrogens is 578 g/mol. The van der Waals surface area contributed by atoms with Gasteiger partial charge in [0, 0.05) is 55.6 Å². The standard InChI is InChI=1S/C38H57N3O5/c1-6-11-16-35-37(33-29-31(41(43)44)19-22-34(33)46-35)38(42)30-17-20-32(21-18-30)45-36(40(26-14-9-4)27-15-10-5)23-28-39(24-12-7-2)25-13-8-3/h17-22,29,36H,6-16,23-28H2,1-5H3. The van der Waals surface area contributed by atoms with Crippen LogP contribution in [0.1, 0.15) is 127 Å². The number of aryl methyl sites for hydroxylation is 1.